The van der Waals surface area contributed by atoms with Crippen LogP contribution in [0.3, 0.4) is 0 Å². The van der Waals surface area contributed by atoms with Gasteiger partial charge < -0.3 is 19.7 Å². The lowest BCUT2D eigenvalue weighted by atomic mass is 10.3. The highest BCUT2D eigenvalue weighted by Gasteiger charge is 2.09. The molecular formula is C13H14N2O4. The van der Waals surface area contributed by atoms with Crippen molar-refractivity contribution < 1.29 is 18.8 Å². The summed E-state index contributed by atoms with van der Waals surface area (Å²) < 4.78 is 15.5. The topological polar surface area (TPSA) is 87.6 Å². The molecule has 100 valence electrons. The molecule has 6 nitrogen and oxygen atoms in total. The number of hydrogen-bond donors (Lipinski definition) is 1. The zero-order chi connectivity index (χ0) is 13.7. The van der Waals surface area contributed by atoms with E-state index in [1.807, 2.05) is 0 Å². The molecule has 1 aromatic carbocycles. The van der Waals surface area contributed by atoms with E-state index in [1.165, 1.54) is 6.26 Å². The summed E-state index contributed by atoms with van der Waals surface area (Å²) in [4.78, 5) is 10.9. The summed E-state index contributed by atoms with van der Waals surface area (Å²) in [5.41, 5.74) is 5.82. The third-order valence-corrected chi connectivity index (χ3v) is 2.42. The quantitative estimate of drug-likeness (QED) is 0.852. The summed E-state index contributed by atoms with van der Waals surface area (Å²) in [6.07, 6.45) is 0.822. The Labute approximate surface area is 110 Å². The summed E-state index contributed by atoms with van der Waals surface area (Å²) in [6, 6.07) is 8.62. The molecule has 0 aliphatic rings. The second-order valence-corrected chi connectivity index (χ2v) is 3.91. The second-order valence-electron chi connectivity index (χ2n) is 3.91. The van der Waals surface area contributed by atoms with Gasteiger partial charge in [-0.3, -0.25) is 4.79 Å². The van der Waals surface area contributed by atoms with Crippen molar-refractivity contribution in [3.63, 3.8) is 0 Å². The third-order valence-electron chi connectivity index (χ3n) is 2.42. The third kappa shape index (κ3) is 3.74. The molecule has 2 N–H and O–H groups in total. The fourth-order valence-electron chi connectivity index (χ4n) is 1.35. The van der Waals surface area contributed by atoms with Gasteiger partial charge in [-0.15, -0.1) is 0 Å². The van der Waals surface area contributed by atoms with E-state index >= 15 is 0 Å². The van der Waals surface area contributed by atoms with Gasteiger partial charge in [-0.1, -0.05) is 5.16 Å². The molecule has 0 saturated carbocycles. The summed E-state index contributed by atoms with van der Waals surface area (Å²) in [5.74, 6) is 0.716. The monoisotopic (exact) mass is 262 g/mol. The van der Waals surface area contributed by atoms with Gasteiger partial charge in [0, 0.05) is 6.07 Å². The summed E-state index contributed by atoms with van der Waals surface area (Å²) in [7, 11) is 0. The predicted molar refractivity (Wildman–Crippen MR) is 66.6 cm³/mol. The fourth-order valence-corrected chi connectivity index (χ4v) is 1.35. The number of aromatic nitrogens is 1. The van der Waals surface area contributed by atoms with Crippen LogP contribution in [0.5, 0.6) is 11.5 Å². The Hall–Kier alpha value is -2.50. The lowest BCUT2D eigenvalue weighted by Crippen LogP contribution is -2.30. The maximum Gasteiger partial charge on any atom is 0.258 e. The first-order valence-electron chi connectivity index (χ1n) is 5.73. The van der Waals surface area contributed by atoms with Gasteiger partial charge in [0.25, 0.3) is 5.91 Å². The van der Waals surface area contributed by atoms with Gasteiger partial charge >= 0.3 is 0 Å². The van der Waals surface area contributed by atoms with Gasteiger partial charge in [0.15, 0.2) is 6.10 Å². The van der Waals surface area contributed by atoms with Gasteiger partial charge in [0.05, 0.1) is 0 Å². The molecule has 1 atom stereocenters. The molecule has 0 spiro atoms. The van der Waals surface area contributed by atoms with Crippen molar-refractivity contribution in [2.24, 2.45) is 5.73 Å². The predicted octanol–water partition coefficient (Wildman–Crippen LogP) is 1.51. The van der Waals surface area contributed by atoms with Gasteiger partial charge in [-0.25, -0.2) is 0 Å². The van der Waals surface area contributed by atoms with Crippen molar-refractivity contribution in [3.05, 3.63) is 42.3 Å². The van der Waals surface area contributed by atoms with Crippen LogP contribution in [0.15, 0.2) is 41.1 Å². The standard InChI is InChI=1S/C13H14N2O4/c1-9(13(14)16)19-12-4-2-11(3-5-12)17-8-10-6-7-18-15-10/h2-7,9H,8H2,1H3,(H2,14,16). The maximum absolute atomic E-state index is 10.9. The number of rotatable bonds is 6. The minimum Gasteiger partial charge on any atom is -0.487 e. The van der Waals surface area contributed by atoms with Crippen LogP contribution >= 0.6 is 0 Å². The van der Waals surface area contributed by atoms with E-state index in [-0.39, 0.29) is 0 Å². The lowest BCUT2D eigenvalue weighted by Gasteiger charge is -2.11. The van der Waals surface area contributed by atoms with E-state index in [0.717, 1.165) is 0 Å². The number of nitrogens with two attached hydrogens (primary N) is 1. The molecule has 0 fully saturated rings. The van der Waals surface area contributed by atoms with Crippen molar-refractivity contribution >= 4 is 5.91 Å². The van der Waals surface area contributed by atoms with Gasteiger partial charge in [0.1, 0.15) is 30.1 Å². The minimum atomic E-state index is -0.665. The highest BCUT2D eigenvalue weighted by Crippen LogP contribution is 2.19. The van der Waals surface area contributed by atoms with Crippen molar-refractivity contribution in [1.82, 2.24) is 5.16 Å². The Morgan fingerprint density at radius 2 is 2.00 bits per heavy atom. The van der Waals surface area contributed by atoms with Crippen LogP contribution in [-0.2, 0) is 11.4 Å². The molecule has 0 aliphatic carbocycles. The van der Waals surface area contributed by atoms with Crippen molar-refractivity contribution in [2.45, 2.75) is 19.6 Å². The highest BCUT2D eigenvalue weighted by atomic mass is 16.5. The average molecular weight is 262 g/mol. The largest absolute Gasteiger partial charge is 0.487 e. The number of benzene rings is 1. The van der Waals surface area contributed by atoms with E-state index in [2.05, 4.69) is 5.16 Å². The van der Waals surface area contributed by atoms with Crippen LogP contribution in [0.25, 0.3) is 0 Å². The van der Waals surface area contributed by atoms with Crippen LogP contribution in [0.1, 0.15) is 12.6 Å². The number of nitrogens with zero attached hydrogens (tertiary/aromatic N) is 1. The number of carbonyl (C=O) groups is 1. The van der Waals surface area contributed by atoms with E-state index in [1.54, 1.807) is 37.3 Å². The molecule has 1 unspecified atom stereocenters. The first-order valence-corrected chi connectivity index (χ1v) is 5.73. The second kappa shape index (κ2) is 5.90. The Kier molecular flexibility index (Phi) is 4.02. The maximum atomic E-state index is 10.9. The molecule has 1 aromatic heterocycles. The number of ether oxygens (including phenoxy) is 2. The Balaban J connectivity index is 1.89. The average Bonchev–Trinajstić information content (AvgIpc) is 2.91. The lowest BCUT2D eigenvalue weighted by molar-refractivity contribution is -0.123. The summed E-state index contributed by atoms with van der Waals surface area (Å²) >= 11 is 0. The van der Waals surface area contributed by atoms with Gasteiger partial charge in [0.2, 0.25) is 0 Å². The fraction of sp³-hybridized carbons (Fsp3) is 0.231. The van der Waals surface area contributed by atoms with E-state index < -0.39 is 12.0 Å². The normalized spacial score (nSPS) is 11.8. The smallest absolute Gasteiger partial charge is 0.258 e. The molecule has 19 heavy (non-hydrogen) atoms. The number of primary amides is 1. The van der Waals surface area contributed by atoms with Crippen LogP contribution in [0.2, 0.25) is 0 Å². The van der Waals surface area contributed by atoms with Crippen molar-refractivity contribution in [1.29, 1.82) is 0 Å². The molecule has 0 saturated heterocycles. The van der Waals surface area contributed by atoms with Crippen LogP contribution in [-0.4, -0.2) is 17.2 Å². The number of amides is 1. The highest BCUT2D eigenvalue weighted by molar-refractivity contribution is 5.78. The summed E-state index contributed by atoms with van der Waals surface area (Å²) in [6.45, 7) is 1.92. The van der Waals surface area contributed by atoms with Crippen molar-refractivity contribution in [3.8, 4) is 11.5 Å². The molecule has 1 heterocycles. The molecule has 2 rings (SSSR count). The molecule has 0 radical (unpaired) electrons. The van der Waals surface area contributed by atoms with E-state index in [0.29, 0.717) is 23.8 Å². The zero-order valence-corrected chi connectivity index (χ0v) is 10.4. The molecule has 1 amide bonds. The van der Waals surface area contributed by atoms with Crippen molar-refractivity contribution in [2.75, 3.05) is 0 Å². The Bertz CT molecular complexity index is 522. The number of carbonyl (C=O) groups excluding carboxylic acids is 1. The molecule has 0 bridgehead atoms. The van der Waals surface area contributed by atoms with Crippen LogP contribution < -0.4 is 15.2 Å². The van der Waals surface area contributed by atoms with Gasteiger partial charge in [-0.2, -0.15) is 0 Å². The SMILES string of the molecule is CC(Oc1ccc(OCc2ccon2)cc1)C(N)=O. The molecule has 0 aliphatic heterocycles. The summed E-state index contributed by atoms with van der Waals surface area (Å²) in [5, 5.41) is 3.73. The van der Waals surface area contributed by atoms with Crippen LogP contribution in [0.4, 0.5) is 0 Å². The first-order chi connectivity index (χ1) is 9.15. The Morgan fingerprint density at radius 1 is 1.32 bits per heavy atom. The molecule has 6 heteroatoms. The first kappa shape index (κ1) is 12.9. The van der Waals surface area contributed by atoms with Gasteiger partial charge in [-0.05, 0) is 31.2 Å². The van der Waals surface area contributed by atoms with Crippen LogP contribution in [0, 0.1) is 0 Å². The number of hydrogen-bond acceptors (Lipinski definition) is 5. The molecule has 2 aromatic rings. The Morgan fingerprint density at radius 3 is 2.58 bits per heavy atom. The molecular weight excluding hydrogens is 248 g/mol. The van der Waals surface area contributed by atoms with E-state index in [9.17, 15) is 4.79 Å². The van der Waals surface area contributed by atoms with E-state index in [4.69, 9.17) is 19.7 Å². The zero-order valence-electron chi connectivity index (χ0n) is 10.4. The minimum absolute atomic E-state index is 0.328.